The lowest BCUT2D eigenvalue weighted by molar-refractivity contribution is -0.0425. The van der Waals surface area contributed by atoms with E-state index in [0.29, 0.717) is 6.61 Å². The summed E-state index contributed by atoms with van der Waals surface area (Å²) in [4.78, 5) is 16.9. The molecule has 2 aromatic rings. The van der Waals surface area contributed by atoms with Gasteiger partial charge in [0.25, 0.3) is 0 Å². The van der Waals surface area contributed by atoms with E-state index in [4.69, 9.17) is 4.74 Å². The molecule has 0 saturated carbocycles. The van der Waals surface area contributed by atoms with Crippen LogP contribution in [0.5, 0.6) is 0 Å². The van der Waals surface area contributed by atoms with Crippen molar-refractivity contribution in [3.05, 3.63) is 42.2 Å². The van der Waals surface area contributed by atoms with Crippen molar-refractivity contribution in [2.24, 2.45) is 0 Å². The maximum atomic E-state index is 12.8. The Labute approximate surface area is 112 Å². The number of Topliss-reactive ketones (excluding diaryl/α,β-unsaturated/α-hetero) is 1. The fourth-order valence-electron chi connectivity index (χ4n) is 2.72. The Morgan fingerprint density at radius 2 is 2.21 bits per heavy atom. The maximum Gasteiger partial charge on any atom is 0.194 e. The zero-order chi connectivity index (χ0) is 13.3. The summed E-state index contributed by atoms with van der Waals surface area (Å²) in [6.07, 6.45) is 6.41. The monoisotopic (exact) mass is 255 g/mol. The lowest BCUT2D eigenvalue weighted by Crippen LogP contribution is -2.41. The number of carbonyl (C=O) groups is 1. The van der Waals surface area contributed by atoms with Gasteiger partial charge >= 0.3 is 0 Å². The SMILES string of the molecule is CC1(C(=O)c2cccc3cnccc23)CCCCO1. The summed E-state index contributed by atoms with van der Waals surface area (Å²) in [6.45, 7) is 2.59. The number of hydrogen-bond acceptors (Lipinski definition) is 3. The number of rotatable bonds is 2. The van der Waals surface area contributed by atoms with E-state index in [2.05, 4.69) is 4.98 Å². The predicted molar refractivity (Wildman–Crippen MR) is 74.3 cm³/mol. The first kappa shape index (κ1) is 12.3. The third-order valence-electron chi connectivity index (χ3n) is 3.87. The van der Waals surface area contributed by atoms with Crippen molar-refractivity contribution in [1.82, 2.24) is 4.98 Å². The van der Waals surface area contributed by atoms with Crippen LogP contribution in [-0.2, 0) is 4.74 Å². The Morgan fingerprint density at radius 3 is 3.00 bits per heavy atom. The van der Waals surface area contributed by atoms with Gasteiger partial charge in [-0.3, -0.25) is 9.78 Å². The molecule has 0 radical (unpaired) electrons. The summed E-state index contributed by atoms with van der Waals surface area (Å²) < 4.78 is 5.77. The Bertz CT molecular complexity index is 610. The first-order valence-corrected chi connectivity index (χ1v) is 6.72. The van der Waals surface area contributed by atoms with E-state index < -0.39 is 5.60 Å². The summed E-state index contributed by atoms with van der Waals surface area (Å²) >= 11 is 0. The number of ketones is 1. The largest absolute Gasteiger partial charge is 0.367 e. The number of carbonyl (C=O) groups excluding carboxylic acids is 1. The van der Waals surface area contributed by atoms with Gasteiger partial charge < -0.3 is 4.74 Å². The second-order valence-corrected chi connectivity index (χ2v) is 5.27. The van der Waals surface area contributed by atoms with Gasteiger partial charge in [0.1, 0.15) is 5.60 Å². The van der Waals surface area contributed by atoms with Gasteiger partial charge in [0.05, 0.1) is 0 Å². The normalized spacial score (nSPS) is 23.4. The van der Waals surface area contributed by atoms with E-state index in [-0.39, 0.29) is 5.78 Å². The molecule has 0 bridgehead atoms. The molecule has 1 atom stereocenters. The zero-order valence-electron chi connectivity index (χ0n) is 11.1. The molecule has 1 aliphatic heterocycles. The number of pyridine rings is 1. The van der Waals surface area contributed by atoms with Crippen molar-refractivity contribution in [2.45, 2.75) is 31.8 Å². The van der Waals surface area contributed by atoms with Gasteiger partial charge in [-0.2, -0.15) is 0 Å². The van der Waals surface area contributed by atoms with Crippen LogP contribution in [-0.4, -0.2) is 23.0 Å². The fraction of sp³-hybridized carbons (Fsp3) is 0.375. The average Bonchev–Trinajstić information content (AvgIpc) is 2.47. The molecule has 98 valence electrons. The summed E-state index contributed by atoms with van der Waals surface area (Å²) in [5.74, 6) is 0.0870. The van der Waals surface area contributed by atoms with E-state index in [0.717, 1.165) is 35.6 Å². The Balaban J connectivity index is 2.06. The molecule has 1 aromatic carbocycles. The molecule has 1 aliphatic rings. The van der Waals surface area contributed by atoms with Crippen LogP contribution in [0, 0.1) is 0 Å². The Hall–Kier alpha value is -1.74. The van der Waals surface area contributed by atoms with E-state index in [1.54, 1.807) is 12.4 Å². The van der Waals surface area contributed by atoms with Crippen molar-refractivity contribution in [3.63, 3.8) is 0 Å². The minimum absolute atomic E-state index is 0.0870. The molecular weight excluding hydrogens is 238 g/mol. The number of benzene rings is 1. The molecule has 2 heterocycles. The van der Waals surface area contributed by atoms with Gasteiger partial charge in [-0.25, -0.2) is 0 Å². The van der Waals surface area contributed by atoms with Gasteiger partial charge in [-0.1, -0.05) is 18.2 Å². The number of nitrogens with zero attached hydrogens (tertiary/aromatic N) is 1. The molecule has 0 spiro atoms. The van der Waals surface area contributed by atoms with Crippen LogP contribution in [0.4, 0.5) is 0 Å². The van der Waals surface area contributed by atoms with Crippen LogP contribution in [0.15, 0.2) is 36.7 Å². The van der Waals surface area contributed by atoms with E-state index in [1.807, 2.05) is 31.2 Å². The standard InChI is InChI=1S/C16H17NO2/c1-16(8-2-3-10-19-16)15(18)14-6-4-5-12-11-17-9-7-13(12)14/h4-7,9,11H,2-3,8,10H2,1H3. The van der Waals surface area contributed by atoms with Crippen LogP contribution in [0.1, 0.15) is 36.5 Å². The third kappa shape index (κ3) is 2.15. The average molecular weight is 255 g/mol. The highest BCUT2D eigenvalue weighted by molar-refractivity contribution is 6.11. The van der Waals surface area contributed by atoms with Gasteiger partial charge in [-0.05, 0) is 37.6 Å². The lowest BCUT2D eigenvalue weighted by Gasteiger charge is -2.32. The maximum absolute atomic E-state index is 12.8. The first-order valence-electron chi connectivity index (χ1n) is 6.72. The summed E-state index contributed by atoms with van der Waals surface area (Å²) in [7, 11) is 0. The predicted octanol–water partition coefficient (Wildman–Crippen LogP) is 3.38. The van der Waals surface area contributed by atoms with Gasteiger partial charge in [0.2, 0.25) is 0 Å². The molecule has 1 saturated heterocycles. The second-order valence-electron chi connectivity index (χ2n) is 5.27. The van der Waals surface area contributed by atoms with Crippen molar-refractivity contribution >= 4 is 16.6 Å². The van der Waals surface area contributed by atoms with E-state index >= 15 is 0 Å². The third-order valence-corrected chi connectivity index (χ3v) is 3.87. The van der Waals surface area contributed by atoms with Gasteiger partial charge in [0.15, 0.2) is 5.78 Å². The molecular formula is C16H17NO2. The highest BCUT2D eigenvalue weighted by Gasteiger charge is 2.37. The minimum Gasteiger partial charge on any atom is -0.367 e. The highest BCUT2D eigenvalue weighted by Crippen LogP contribution is 2.30. The molecule has 1 fully saturated rings. The van der Waals surface area contributed by atoms with E-state index in [9.17, 15) is 4.79 Å². The molecule has 3 rings (SSSR count). The second kappa shape index (κ2) is 4.74. The summed E-state index contributed by atoms with van der Waals surface area (Å²) in [6, 6.07) is 7.66. The minimum atomic E-state index is -0.671. The number of fused-ring (bicyclic) bond motifs is 1. The number of aromatic nitrogens is 1. The van der Waals surface area contributed by atoms with Crippen LogP contribution in [0.2, 0.25) is 0 Å². The molecule has 1 aromatic heterocycles. The van der Waals surface area contributed by atoms with Gasteiger partial charge in [-0.15, -0.1) is 0 Å². The molecule has 0 aliphatic carbocycles. The Morgan fingerprint density at radius 1 is 1.32 bits per heavy atom. The summed E-state index contributed by atoms with van der Waals surface area (Å²) in [5, 5.41) is 1.95. The first-order chi connectivity index (χ1) is 9.21. The van der Waals surface area contributed by atoms with Crippen LogP contribution < -0.4 is 0 Å². The van der Waals surface area contributed by atoms with Crippen molar-refractivity contribution in [1.29, 1.82) is 0 Å². The topological polar surface area (TPSA) is 39.2 Å². The van der Waals surface area contributed by atoms with E-state index in [1.165, 1.54) is 0 Å². The van der Waals surface area contributed by atoms with Crippen LogP contribution in [0.25, 0.3) is 10.8 Å². The fourth-order valence-corrected chi connectivity index (χ4v) is 2.72. The van der Waals surface area contributed by atoms with Crippen LogP contribution >= 0.6 is 0 Å². The van der Waals surface area contributed by atoms with Crippen molar-refractivity contribution in [3.8, 4) is 0 Å². The highest BCUT2D eigenvalue weighted by atomic mass is 16.5. The smallest absolute Gasteiger partial charge is 0.194 e. The molecule has 19 heavy (non-hydrogen) atoms. The lowest BCUT2D eigenvalue weighted by atomic mass is 9.86. The molecule has 1 unspecified atom stereocenters. The zero-order valence-corrected chi connectivity index (χ0v) is 11.1. The quantitative estimate of drug-likeness (QED) is 0.772. The number of ether oxygens (including phenoxy) is 1. The molecule has 0 N–H and O–H groups in total. The van der Waals surface area contributed by atoms with Crippen molar-refractivity contribution in [2.75, 3.05) is 6.61 Å². The van der Waals surface area contributed by atoms with Gasteiger partial charge in [0, 0.05) is 30.0 Å². The molecule has 0 amide bonds. The molecule has 3 nitrogen and oxygen atoms in total. The molecule has 3 heteroatoms. The van der Waals surface area contributed by atoms with Crippen molar-refractivity contribution < 1.29 is 9.53 Å². The Kier molecular flexibility index (Phi) is 3.07. The summed E-state index contributed by atoms with van der Waals surface area (Å²) in [5.41, 5.74) is 0.0693. The van der Waals surface area contributed by atoms with Crippen LogP contribution in [0.3, 0.4) is 0 Å². The number of hydrogen-bond donors (Lipinski definition) is 0.